The second-order valence-electron chi connectivity index (χ2n) is 8.00. The van der Waals surface area contributed by atoms with E-state index in [1.165, 1.54) is 11.3 Å². The maximum atomic E-state index is 5.41. The molecule has 2 aromatic rings. The van der Waals surface area contributed by atoms with Crippen molar-refractivity contribution < 1.29 is 9.47 Å². The highest BCUT2D eigenvalue weighted by Gasteiger charge is 2.21. The number of guanidine groups is 1. The van der Waals surface area contributed by atoms with Gasteiger partial charge >= 0.3 is 0 Å². The Morgan fingerprint density at radius 2 is 1.75 bits per heavy atom. The summed E-state index contributed by atoms with van der Waals surface area (Å²) in [6.45, 7) is 6.96. The molecule has 1 aliphatic heterocycles. The highest BCUT2D eigenvalue weighted by Crippen LogP contribution is 2.30. The van der Waals surface area contributed by atoms with Crippen molar-refractivity contribution in [3.05, 3.63) is 35.2 Å². The molecule has 1 fully saturated rings. The van der Waals surface area contributed by atoms with Gasteiger partial charge in [-0.15, -0.1) is 24.0 Å². The predicted octanol–water partition coefficient (Wildman–Crippen LogP) is 3.05. The number of aliphatic imine (C=N–C) groups is 1. The fourth-order valence-electron chi connectivity index (χ4n) is 4.13. The minimum atomic E-state index is 0. The number of aromatic nitrogens is 2. The number of piperidine rings is 1. The number of anilines is 1. The smallest absolute Gasteiger partial charge is 0.191 e. The van der Waals surface area contributed by atoms with Gasteiger partial charge in [-0.1, -0.05) is 0 Å². The molecule has 0 unspecified atom stereocenters. The lowest BCUT2D eigenvalue weighted by molar-refractivity contribution is 0.393. The number of benzene rings is 1. The van der Waals surface area contributed by atoms with Gasteiger partial charge in [-0.25, -0.2) is 0 Å². The lowest BCUT2D eigenvalue weighted by atomic mass is 10.0. The van der Waals surface area contributed by atoms with Gasteiger partial charge in [0.05, 0.1) is 19.9 Å². The van der Waals surface area contributed by atoms with Crippen LogP contribution in [0.2, 0.25) is 0 Å². The van der Waals surface area contributed by atoms with E-state index < -0.39 is 0 Å². The summed E-state index contributed by atoms with van der Waals surface area (Å²) in [4.78, 5) is 6.80. The largest absolute Gasteiger partial charge is 0.497 e. The molecule has 9 heteroatoms. The Labute approximate surface area is 208 Å². The van der Waals surface area contributed by atoms with Crippen LogP contribution in [0.1, 0.15) is 29.8 Å². The van der Waals surface area contributed by atoms with Crippen LogP contribution >= 0.6 is 24.0 Å². The van der Waals surface area contributed by atoms with Gasteiger partial charge in [-0.3, -0.25) is 9.67 Å². The van der Waals surface area contributed by atoms with Crippen LogP contribution in [0.25, 0.3) is 0 Å². The molecule has 2 N–H and O–H groups in total. The number of rotatable bonds is 7. The minimum absolute atomic E-state index is 0. The zero-order valence-electron chi connectivity index (χ0n) is 20.1. The first-order valence-electron chi connectivity index (χ1n) is 10.9. The molecule has 0 atom stereocenters. The maximum absolute atomic E-state index is 5.41. The molecular formula is C23H37IN6O2. The molecule has 0 saturated carbocycles. The molecule has 1 aromatic heterocycles. The van der Waals surface area contributed by atoms with Gasteiger partial charge in [0.25, 0.3) is 0 Å². The number of aryl methyl sites for hydroxylation is 2. The molecule has 3 rings (SSSR count). The van der Waals surface area contributed by atoms with Crippen molar-refractivity contribution >= 4 is 35.6 Å². The van der Waals surface area contributed by atoms with Gasteiger partial charge in [0.1, 0.15) is 11.5 Å². The molecule has 0 aliphatic carbocycles. The van der Waals surface area contributed by atoms with Gasteiger partial charge < -0.3 is 25.0 Å². The molecule has 2 heterocycles. The lowest BCUT2D eigenvalue weighted by Gasteiger charge is -2.34. The Hall–Kier alpha value is -2.17. The number of nitrogens with one attached hydrogen (secondary N) is 2. The van der Waals surface area contributed by atoms with Crippen LogP contribution in [0.3, 0.4) is 0 Å². The van der Waals surface area contributed by atoms with Gasteiger partial charge in [0.2, 0.25) is 0 Å². The standard InChI is InChI=1S/C23H36N6O2.HI/c1-16-22(17(2)28(4)27-16)7-10-25-23(24-3)26-18-8-11-29(12-9-18)19-13-20(30-5)15-21(14-19)31-6;/h13-15,18H,7-12H2,1-6H3,(H2,24,25,26);1H. The first-order chi connectivity index (χ1) is 14.9. The quantitative estimate of drug-likeness (QED) is 0.310. The van der Waals surface area contributed by atoms with Crippen molar-refractivity contribution in [3.63, 3.8) is 0 Å². The normalized spacial score (nSPS) is 14.7. The Morgan fingerprint density at radius 1 is 1.12 bits per heavy atom. The third kappa shape index (κ3) is 6.43. The van der Waals surface area contributed by atoms with Crippen LogP contribution < -0.4 is 25.0 Å². The molecule has 8 nitrogen and oxygen atoms in total. The topological polar surface area (TPSA) is 75.9 Å². The summed E-state index contributed by atoms with van der Waals surface area (Å²) in [5.41, 5.74) is 4.78. The fourth-order valence-corrected chi connectivity index (χ4v) is 4.13. The van der Waals surface area contributed by atoms with Crippen molar-refractivity contribution in [1.82, 2.24) is 20.4 Å². The van der Waals surface area contributed by atoms with E-state index in [0.29, 0.717) is 6.04 Å². The van der Waals surface area contributed by atoms with Crippen LogP contribution in [-0.4, -0.2) is 62.7 Å². The molecule has 0 radical (unpaired) electrons. The molecule has 0 amide bonds. The number of hydrogen-bond acceptors (Lipinski definition) is 5. The molecule has 0 bridgehead atoms. The maximum Gasteiger partial charge on any atom is 0.191 e. The van der Waals surface area contributed by atoms with E-state index in [-0.39, 0.29) is 24.0 Å². The number of halogens is 1. The average Bonchev–Trinajstić information content (AvgIpc) is 3.04. The SMILES string of the molecule is CN=C(NCCc1c(C)nn(C)c1C)NC1CCN(c2cc(OC)cc(OC)c2)CC1.I. The average molecular weight is 556 g/mol. The number of methoxy groups -OCH3 is 2. The van der Waals surface area contributed by atoms with Crippen LogP contribution in [0.4, 0.5) is 5.69 Å². The second kappa shape index (κ2) is 12.2. The summed E-state index contributed by atoms with van der Waals surface area (Å²) in [5, 5.41) is 11.5. The van der Waals surface area contributed by atoms with Gasteiger partial charge in [0.15, 0.2) is 5.96 Å². The van der Waals surface area contributed by atoms with Crippen LogP contribution in [-0.2, 0) is 13.5 Å². The number of nitrogens with zero attached hydrogens (tertiary/aromatic N) is 4. The zero-order chi connectivity index (χ0) is 22.4. The van der Waals surface area contributed by atoms with Gasteiger partial charge in [-0.05, 0) is 38.7 Å². The second-order valence-corrected chi connectivity index (χ2v) is 8.00. The molecule has 1 aliphatic rings. The fraction of sp³-hybridized carbons (Fsp3) is 0.565. The molecule has 1 aromatic carbocycles. The molecule has 1 saturated heterocycles. The molecular weight excluding hydrogens is 519 g/mol. The van der Waals surface area contributed by atoms with E-state index in [2.05, 4.69) is 51.6 Å². The van der Waals surface area contributed by atoms with Crippen molar-refractivity contribution in [2.75, 3.05) is 45.8 Å². The predicted molar refractivity (Wildman–Crippen MR) is 141 cm³/mol. The molecule has 32 heavy (non-hydrogen) atoms. The van der Waals surface area contributed by atoms with E-state index in [4.69, 9.17) is 9.47 Å². The summed E-state index contributed by atoms with van der Waals surface area (Å²) in [6, 6.07) is 6.44. The summed E-state index contributed by atoms with van der Waals surface area (Å²) >= 11 is 0. The van der Waals surface area contributed by atoms with E-state index in [1.807, 2.05) is 24.8 Å². The summed E-state index contributed by atoms with van der Waals surface area (Å²) in [6.07, 6.45) is 3.02. The number of ether oxygens (including phenoxy) is 2. The number of hydrogen-bond donors (Lipinski definition) is 2. The van der Waals surface area contributed by atoms with Crippen LogP contribution in [0.15, 0.2) is 23.2 Å². The third-order valence-corrected chi connectivity index (χ3v) is 6.09. The van der Waals surface area contributed by atoms with E-state index in [0.717, 1.165) is 67.7 Å². The monoisotopic (exact) mass is 556 g/mol. The van der Waals surface area contributed by atoms with E-state index in [1.54, 1.807) is 14.2 Å². The highest BCUT2D eigenvalue weighted by atomic mass is 127. The third-order valence-electron chi connectivity index (χ3n) is 6.09. The Kier molecular flexibility index (Phi) is 9.92. The Bertz CT molecular complexity index is 884. The summed E-state index contributed by atoms with van der Waals surface area (Å²) in [7, 11) is 7.19. The van der Waals surface area contributed by atoms with Crippen molar-refractivity contribution in [2.45, 2.75) is 39.2 Å². The van der Waals surface area contributed by atoms with E-state index >= 15 is 0 Å². The van der Waals surface area contributed by atoms with Gasteiger partial charge in [-0.2, -0.15) is 5.10 Å². The first kappa shape index (κ1) is 26.1. The first-order valence-corrected chi connectivity index (χ1v) is 10.9. The van der Waals surface area contributed by atoms with Crippen molar-refractivity contribution in [3.8, 4) is 11.5 Å². The van der Waals surface area contributed by atoms with Crippen molar-refractivity contribution in [2.24, 2.45) is 12.0 Å². The summed E-state index contributed by atoms with van der Waals surface area (Å²) in [5.74, 6) is 2.50. The Morgan fingerprint density at radius 3 is 2.25 bits per heavy atom. The van der Waals surface area contributed by atoms with Crippen molar-refractivity contribution in [1.29, 1.82) is 0 Å². The van der Waals surface area contributed by atoms with Crippen LogP contribution in [0.5, 0.6) is 11.5 Å². The highest BCUT2D eigenvalue weighted by molar-refractivity contribution is 14.0. The van der Waals surface area contributed by atoms with E-state index in [9.17, 15) is 0 Å². The molecule has 0 spiro atoms. The zero-order valence-corrected chi connectivity index (χ0v) is 22.4. The lowest BCUT2D eigenvalue weighted by Crippen LogP contribution is -2.49. The molecule has 178 valence electrons. The Balaban J connectivity index is 0.00000363. The van der Waals surface area contributed by atoms with Crippen LogP contribution in [0, 0.1) is 13.8 Å². The summed E-state index contributed by atoms with van der Waals surface area (Å²) < 4.78 is 12.8. The van der Waals surface area contributed by atoms with Gasteiger partial charge in [0, 0.05) is 69.4 Å². The minimum Gasteiger partial charge on any atom is -0.497 e.